The fourth-order valence-corrected chi connectivity index (χ4v) is 3.23. The van der Waals surface area contributed by atoms with E-state index in [1.54, 1.807) is 30.3 Å². The summed E-state index contributed by atoms with van der Waals surface area (Å²) in [5.41, 5.74) is 4.48. The highest BCUT2D eigenvalue weighted by atomic mass is 16.5. The number of para-hydroxylation sites is 2. The predicted octanol–water partition coefficient (Wildman–Crippen LogP) is 5.38. The number of fused-ring (bicyclic) bond motifs is 1. The van der Waals surface area contributed by atoms with Crippen LogP contribution >= 0.6 is 0 Å². The van der Waals surface area contributed by atoms with Crippen LogP contribution in [0.3, 0.4) is 0 Å². The van der Waals surface area contributed by atoms with Crippen LogP contribution < -0.4 is 5.32 Å². The number of ether oxygens (including phenoxy) is 1. The molecule has 0 saturated carbocycles. The maximum atomic E-state index is 13.1. The molecule has 1 unspecified atom stereocenters. The number of nitrogens with one attached hydrogen (secondary N) is 1. The number of esters is 1. The van der Waals surface area contributed by atoms with Crippen molar-refractivity contribution in [1.82, 2.24) is 4.98 Å². The van der Waals surface area contributed by atoms with Crippen molar-refractivity contribution in [2.45, 2.75) is 20.0 Å². The lowest BCUT2D eigenvalue weighted by Crippen LogP contribution is -2.25. The van der Waals surface area contributed by atoms with E-state index in [0.717, 1.165) is 11.1 Å². The van der Waals surface area contributed by atoms with Crippen LogP contribution in [0.5, 0.6) is 0 Å². The maximum Gasteiger partial charge on any atom is 0.332 e. The number of carbonyl (C=O) groups excluding carboxylic acids is 2. The van der Waals surface area contributed by atoms with Crippen LogP contribution in [0.15, 0.2) is 83.3 Å². The van der Waals surface area contributed by atoms with Crippen molar-refractivity contribution in [3.8, 4) is 0 Å². The zero-order valence-corrected chi connectivity index (χ0v) is 17.7. The zero-order valence-electron chi connectivity index (χ0n) is 17.7. The third kappa shape index (κ3) is 4.92. The van der Waals surface area contributed by atoms with E-state index in [4.69, 9.17) is 9.15 Å². The molecule has 4 rings (SSSR count). The molecule has 3 aromatic carbocycles. The highest BCUT2D eigenvalue weighted by Gasteiger charge is 2.25. The van der Waals surface area contributed by atoms with E-state index in [2.05, 4.69) is 10.3 Å². The standard InChI is InChI=1S/C26H22N2O4/c1-17-12-13-18(2)21(16-17)28-26(30)25(19-8-4-3-5-9-19)32-24(29)15-14-23-27-20-10-6-7-11-22(20)31-23/h3-16,25H,1-2H3,(H,28,30)/b15-14+. The molecule has 160 valence electrons. The first-order valence-corrected chi connectivity index (χ1v) is 10.2. The van der Waals surface area contributed by atoms with Crippen molar-refractivity contribution >= 4 is 34.7 Å². The Kier molecular flexibility index (Phi) is 6.12. The van der Waals surface area contributed by atoms with Gasteiger partial charge in [-0.2, -0.15) is 0 Å². The lowest BCUT2D eigenvalue weighted by molar-refractivity contribution is -0.149. The lowest BCUT2D eigenvalue weighted by Gasteiger charge is -2.18. The van der Waals surface area contributed by atoms with Gasteiger partial charge in [0.15, 0.2) is 5.58 Å². The van der Waals surface area contributed by atoms with Gasteiger partial charge < -0.3 is 14.5 Å². The molecule has 1 N–H and O–H groups in total. The first-order valence-electron chi connectivity index (χ1n) is 10.2. The monoisotopic (exact) mass is 426 g/mol. The molecular formula is C26H22N2O4. The second-order valence-electron chi connectivity index (χ2n) is 7.39. The maximum absolute atomic E-state index is 13.1. The number of aryl methyl sites for hydroxylation is 2. The predicted molar refractivity (Wildman–Crippen MR) is 123 cm³/mol. The molecule has 0 saturated heterocycles. The zero-order chi connectivity index (χ0) is 22.5. The summed E-state index contributed by atoms with van der Waals surface area (Å²) in [7, 11) is 0. The molecule has 0 bridgehead atoms. The number of carbonyl (C=O) groups is 2. The van der Waals surface area contributed by atoms with Gasteiger partial charge in [0.1, 0.15) is 5.52 Å². The molecule has 1 heterocycles. The van der Waals surface area contributed by atoms with Gasteiger partial charge >= 0.3 is 5.97 Å². The van der Waals surface area contributed by atoms with Gasteiger partial charge in [-0.15, -0.1) is 0 Å². The highest BCUT2D eigenvalue weighted by molar-refractivity contribution is 5.98. The minimum Gasteiger partial charge on any atom is -0.444 e. The van der Waals surface area contributed by atoms with Gasteiger partial charge in [0, 0.05) is 23.4 Å². The fourth-order valence-electron chi connectivity index (χ4n) is 3.23. The third-order valence-electron chi connectivity index (χ3n) is 4.90. The SMILES string of the molecule is Cc1ccc(C)c(NC(=O)C(OC(=O)/C=C/c2nc3ccccc3o2)c2ccccc2)c1. The average molecular weight is 426 g/mol. The first-order chi connectivity index (χ1) is 15.5. The topological polar surface area (TPSA) is 81.4 Å². The summed E-state index contributed by atoms with van der Waals surface area (Å²) >= 11 is 0. The highest BCUT2D eigenvalue weighted by Crippen LogP contribution is 2.23. The first kappa shape index (κ1) is 21.1. The fraction of sp³-hybridized carbons (Fsp3) is 0.115. The van der Waals surface area contributed by atoms with Gasteiger partial charge in [-0.1, -0.05) is 54.6 Å². The Balaban J connectivity index is 1.53. The molecule has 0 aliphatic rings. The number of oxazole rings is 1. The lowest BCUT2D eigenvalue weighted by atomic mass is 10.1. The molecule has 0 fully saturated rings. The van der Waals surface area contributed by atoms with Crippen molar-refractivity contribution in [1.29, 1.82) is 0 Å². The Bertz CT molecular complexity index is 1260. The van der Waals surface area contributed by atoms with Gasteiger partial charge in [-0.05, 0) is 43.2 Å². The quantitative estimate of drug-likeness (QED) is 0.331. The van der Waals surface area contributed by atoms with Gasteiger partial charge in [0.2, 0.25) is 12.0 Å². The summed E-state index contributed by atoms with van der Waals surface area (Å²) < 4.78 is 11.1. The number of benzene rings is 3. The molecule has 0 radical (unpaired) electrons. The Morgan fingerprint density at radius 2 is 1.75 bits per heavy atom. The summed E-state index contributed by atoms with van der Waals surface area (Å²) in [6.45, 7) is 3.85. The summed E-state index contributed by atoms with van der Waals surface area (Å²) in [6.07, 6.45) is 1.51. The van der Waals surface area contributed by atoms with Crippen LogP contribution in [0.2, 0.25) is 0 Å². The molecule has 0 spiro atoms. The van der Waals surface area contributed by atoms with Crippen LogP contribution in [0, 0.1) is 13.8 Å². The van der Waals surface area contributed by atoms with Crippen molar-refractivity contribution in [3.63, 3.8) is 0 Å². The van der Waals surface area contributed by atoms with E-state index < -0.39 is 18.0 Å². The largest absolute Gasteiger partial charge is 0.444 e. The Hall–Kier alpha value is -4.19. The normalized spacial score (nSPS) is 12.1. The molecule has 4 aromatic rings. The van der Waals surface area contributed by atoms with E-state index in [-0.39, 0.29) is 5.89 Å². The minimum atomic E-state index is -1.11. The van der Waals surface area contributed by atoms with E-state index in [1.807, 2.05) is 56.3 Å². The van der Waals surface area contributed by atoms with Crippen molar-refractivity contribution < 1.29 is 18.7 Å². The smallest absolute Gasteiger partial charge is 0.332 e. The molecule has 0 aliphatic heterocycles. The minimum absolute atomic E-state index is 0.277. The third-order valence-corrected chi connectivity index (χ3v) is 4.90. The van der Waals surface area contributed by atoms with Gasteiger partial charge in [0.05, 0.1) is 0 Å². The van der Waals surface area contributed by atoms with Crippen LogP contribution in [0.4, 0.5) is 5.69 Å². The van der Waals surface area contributed by atoms with Crippen molar-refractivity contribution in [3.05, 3.63) is 101 Å². The van der Waals surface area contributed by atoms with Gasteiger partial charge in [-0.25, -0.2) is 9.78 Å². The van der Waals surface area contributed by atoms with E-state index in [1.165, 1.54) is 12.2 Å². The summed E-state index contributed by atoms with van der Waals surface area (Å²) in [6, 6.07) is 22.0. The second-order valence-corrected chi connectivity index (χ2v) is 7.39. The second kappa shape index (κ2) is 9.31. The molecule has 0 aliphatic carbocycles. The number of rotatable bonds is 6. The summed E-state index contributed by atoms with van der Waals surface area (Å²) in [5, 5.41) is 2.88. The Morgan fingerprint density at radius 3 is 2.53 bits per heavy atom. The molecular weight excluding hydrogens is 404 g/mol. The molecule has 32 heavy (non-hydrogen) atoms. The molecule has 1 aromatic heterocycles. The van der Waals surface area contributed by atoms with Crippen LogP contribution in [-0.4, -0.2) is 16.9 Å². The number of hydrogen-bond acceptors (Lipinski definition) is 5. The number of nitrogens with zero attached hydrogens (tertiary/aromatic N) is 1. The van der Waals surface area contributed by atoms with Crippen LogP contribution in [0.1, 0.15) is 28.7 Å². The summed E-state index contributed by atoms with van der Waals surface area (Å²) in [5.74, 6) is -0.843. The van der Waals surface area contributed by atoms with Gasteiger partial charge in [0.25, 0.3) is 5.91 Å². The molecule has 6 heteroatoms. The van der Waals surface area contributed by atoms with E-state index >= 15 is 0 Å². The Morgan fingerprint density at radius 1 is 1.00 bits per heavy atom. The van der Waals surface area contributed by atoms with E-state index in [0.29, 0.717) is 22.4 Å². The van der Waals surface area contributed by atoms with E-state index in [9.17, 15) is 9.59 Å². The van der Waals surface area contributed by atoms with Crippen molar-refractivity contribution in [2.75, 3.05) is 5.32 Å². The summed E-state index contributed by atoms with van der Waals surface area (Å²) in [4.78, 5) is 29.9. The van der Waals surface area contributed by atoms with Crippen molar-refractivity contribution in [2.24, 2.45) is 0 Å². The number of aromatic nitrogens is 1. The molecule has 1 amide bonds. The number of anilines is 1. The average Bonchev–Trinajstić information content (AvgIpc) is 3.22. The van der Waals surface area contributed by atoms with Crippen LogP contribution in [0.25, 0.3) is 17.2 Å². The molecule has 1 atom stereocenters. The number of hydrogen-bond donors (Lipinski definition) is 1. The number of amides is 1. The molecule has 6 nitrogen and oxygen atoms in total. The van der Waals surface area contributed by atoms with Gasteiger partial charge in [-0.3, -0.25) is 4.79 Å². The Labute approximate surface area is 185 Å². The van der Waals surface area contributed by atoms with Crippen LogP contribution in [-0.2, 0) is 14.3 Å².